The van der Waals surface area contributed by atoms with Gasteiger partial charge in [-0.25, -0.2) is 21.6 Å². The number of halogens is 3. The van der Waals surface area contributed by atoms with Crippen molar-refractivity contribution in [3.8, 4) is 0 Å². The Balaban J connectivity index is 3.26. The molecular weight excluding hydrogens is 281 g/mol. The molecule has 19 heavy (non-hydrogen) atoms. The van der Waals surface area contributed by atoms with Gasteiger partial charge in [0.05, 0.1) is 11.4 Å². The molecular formula is C11H15F3N2O2S. The van der Waals surface area contributed by atoms with Gasteiger partial charge in [0, 0.05) is 19.2 Å². The number of nitrogens with zero attached hydrogens (tertiary/aromatic N) is 1. The summed E-state index contributed by atoms with van der Waals surface area (Å²) in [6.45, 7) is 0.298. The molecule has 0 amide bonds. The van der Waals surface area contributed by atoms with Crippen LogP contribution in [-0.4, -0.2) is 32.7 Å². The molecule has 0 bridgehead atoms. The molecule has 0 saturated heterocycles. The average Bonchev–Trinajstić information content (AvgIpc) is 2.31. The fourth-order valence-corrected chi connectivity index (χ4v) is 2.86. The van der Waals surface area contributed by atoms with Crippen molar-refractivity contribution < 1.29 is 21.6 Å². The highest BCUT2D eigenvalue weighted by atomic mass is 32.2. The van der Waals surface area contributed by atoms with Gasteiger partial charge < -0.3 is 5.73 Å². The van der Waals surface area contributed by atoms with Crippen molar-refractivity contribution in [1.29, 1.82) is 0 Å². The van der Waals surface area contributed by atoms with E-state index in [1.54, 1.807) is 0 Å². The lowest BCUT2D eigenvalue weighted by Gasteiger charge is -2.18. The van der Waals surface area contributed by atoms with E-state index in [0.717, 1.165) is 19.2 Å². The Kier molecular flexibility index (Phi) is 4.94. The molecule has 0 spiro atoms. The van der Waals surface area contributed by atoms with Crippen LogP contribution >= 0.6 is 0 Å². The van der Waals surface area contributed by atoms with Gasteiger partial charge in [-0.3, -0.25) is 0 Å². The molecule has 1 aromatic carbocycles. The summed E-state index contributed by atoms with van der Waals surface area (Å²) in [5.74, 6) is -0.585. The van der Waals surface area contributed by atoms with Gasteiger partial charge in [-0.05, 0) is 24.6 Å². The van der Waals surface area contributed by atoms with Crippen LogP contribution in [0.1, 0.15) is 11.1 Å². The number of hydrogen-bond donors (Lipinski definition) is 1. The maximum Gasteiger partial charge on any atom is 0.252 e. The molecule has 0 heterocycles. The third-order valence-corrected chi connectivity index (χ3v) is 4.43. The number of hydrogen-bond acceptors (Lipinski definition) is 3. The summed E-state index contributed by atoms with van der Waals surface area (Å²) < 4.78 is 62.6. The first kappa shape index (κ1) is 15.9. The SMILES string of the molecule is Cc1cc(S(=O)(=O)N(C)CC(F)F)cc(CN)c1F. The van der Waals surface area contributed by atoms with Gasteiger partial charge in [-0.2, -0.15) is 4.31 Å². The Hall–Kier alpha value is -1.12. The monoisotopic (exact) mass is 296 g/mol. The van der Waals surface area contributed by atoms with Gasteiger partial charge >= 0.3 is 0 Å². The Morgan fingerprint density at radius 1 is 1.37 bits per heavy atom. The highest BCUT2D eigenvalue weighted by molar-refractivity contribution is 7.89. The lowest BCUT2D eigenvalue weighted by atomic mass is 10.1. The number of aryl methyl sites for hydroxylation is 1. The van der Waals surface area contributed by atoms with Gasteiger partial charge in [-0.15, -0.1) is 0 Å². The third kappa shape index (κ3) is 3.46. The highest BCUT2D eigenvalue weighted by Crippen LogP contribution is 2.21. The summed E-state index contributed by atoms with van der Waals surface area (Å²) in [4.78, 5) is -0.241. The first-order valence-electron chi connectivity index (χ1n) is 5.43. The Morgan fingerprint density at radius 2 is 1.95 bits per heavy atom. The lowest BCUT2D eigenvalue weighted by molar-refractivity contribution is 0.126. The molecule has 0 fully saturated rings. The van der Waals surface area contributed by atoms with Crippen molar-refractivity contribution >= 4 is 10.0 Å². The molecule has 108 valence electrons. The van der Waals surface area contributed by atoms with E-state index in [1.165, 1.54) is 6.92 Å². The fourth-order valence-electron chi connectivity index (χ4n) is 1.58. The van der Waals surface area contributed by atoms with E-state index >= 15 is 0 Å². The number of rotatable bonds is 5. The summed E-state index contributed by atoms with van der Waals surface area (Å²) in [6, 6.07) is 2.17. The summed E-state index contributed by atoms with van der Waals surface area (Å²) in [5, 5.41) is 0. The van der Waals surface area contributed by atoms with Gasteiger partial charge in [-0.1, -0.05) is 0 Å². The second kappa shape index (κ2) is 5.89. The summed E-state index contributed by atoms with van der Waals surface area (Å²) in [7, 11) is -3.03. The molecule has 1 aromatic rings. The normalized spacial score (nSPS) is 12.4. The first-order valence-corrected chi connectivity index (χ1v) is 6.87. The van der Waals surface area contributed by atoms with Crippen LogP contribution in [0.5, 0.6) is 0 Å². The molecule has 0 aromatic heterocycles. The van der Waals surface area contributed by atoms with Crippen LogP contribution in [0.15, 0.2) is 17.0 Å². The van der Waals surface area contributed by atoms with Crippen LogP contribution in [-0.2, 0) is 16.6 Å². The van der Waals surface area contributed by atoms with E-state index in [9.17, 15) is 21.6 Å². The topological polar surface area (TPSA) is 63.4 Å². The second-order valence-corrected chi connectivity index (χ2v) is 6.14. The Bertz CT molecular complexity index is 561. The van der Waals surface area contributed by atoms with Gasteiger partial charge in [0.1, 0.15) is 5.82 Å². The number of sulfonamides is 1. The van der Waals surface area contributed by atoms with Crippen molar-refractivity contribution in [3.63, 3.8) is 0 Å². The van der Waals surface area contributed by atoms with E-state index in [-0.39, 0.29) is 22.6 Å². The largest absolute Gasteiger partial charge is 0.326 e. The smallest absolute Gasteiger partial charge is 0.252 e. The summed E-state index contributed by atoms with van der Waals surface area (Å²) in [5.41, 5.74) is 5.46. The molecule has 0 aliphatic carbocycles. The fraction of sp³-hybridized carbons (Fsp3) is 0.455. The zero-order valence-electron chi connectivity index (χ0n) is 10.5. The quantitative estimate of drug-likeness (QED) is 0.895. The first-order chi connectivity index (χ1) is 8.70. The highest BCUT2D eigenvalue weighted by Gasteiger charge is 2.25. The summed E-state index contributed by atoms with van der Waals surface area (Å²) >= 11 is 0. The van der Waals surface area contributed by atoms with Crippen molar-refractivity contribution in [3.05, 3.63) is 29.1 Å². The van der Waals surface area contributed by atoms with Crippen LogP contribution in [0.3, 0.4) is 0 Å². The number of benzene rings is 1. The third-order valence-electron chi connectivity index (χ3n) is 2.63. The van der Waals surface area contributed by atoms with Crippen molar-refractivity contribution in [2.24, 2.45) is 5.73 Å². The minimum absolute atomic E-state index is 0.0315. The van der Waals surface area contributed by atoms with E-state index in [4.69, 9.17) is 5.73 Å². The maximum atomic E-state index is 13.6. The lowest BCUT2D eigenvalue weighted by Crippen LogP contribution is -2.31. The molecule has 2 N–H and O–H groups in total. The van der Waals surface area contributed by atoms with E-state index in [2.05, 4.69) is 0 Å². The molecule has 0 aliphatic heterocycles. The van der Waals surface area contributed by atoms with Crippen molar-refractivity contribution in [2.75, 3.05) is 13.6 Å². The van der Waals surface area contributed by atoms with Crippen LogP contribution in [0.4, 0.5) is 13.2 Å². The van der Waals surface area contributed by atoms with E-state index in [1.807, 2.05) is 0 Å². The van der Waals surface area contributed by atoms with Crippen LogP contribution in [0.2, 0.25) is 0 Å². The Labute approximate surface area is 110 Å². The number of alkyl halides is 2. The molecule has 0 radical (unpaired) electrons. The molecule has 8 heteroatoms. The molecule has 0 saturated carbocycles. The predicted octanol–water partition coefficient (Wildman–Crippen LogP) is 1.48. The average molecular weight is 296 g/mol. The zero-order valence-corrected chi connectivity index (χ0v) is 11.3. The predicted molar refractivity (Wildman–Crippen MR) is 64.8 cm³/mol. The summed E-state index contributed by atoms with van der Waals surface area (Å²) in [6.07, 6.45) is -2.78. The van der Waals surface area contributed by atoms with Crippen molar-refractivity contribution in [2.45, 2.75) is 24.8 Å². The molecule has 0 unspecified atom stereocenters. The van der Waals surface area contributed by atoms with Gasteiger partial charge in [0.15, 0.2) is 0 Å². The maximum absolute atomic E-state index is 13.6. The Morgan fingerprint density at radius 3 is 2.42 bits per heavy atom. The number of nitrogens with two attached hydrogens (primary N) is 1. The second-order valence-electron chi connectivity index (χ2n) is 4.09. The van der Waals surface area contributed by atoms with Crippen molar-refractivity contribution in [1.82, 2.24) is 4.31 Å². The molecule has 4 nitrogen and oxygen atoms in total. The minimum Gasteiger partial charge on any atom is -0.326 e. The standard InChI is InChI=1S/C11H15F3N2O2S/c1-7-3-9(4-8(5-15)11(7)14)19(17,18)16(2)6-10(12)13/h3-4,10H,5-6,15H2,1-2H3. The minimum atomic E-state index is -4.07. The zero-order chi connectivity index (χ0) is 14.8. The van der Waals surface area contributed by atoms with Gasteiger partial charge in [0.25, 0.3) is 6.43 Å². The van der Waals surface area contributed by atoms with Gasteiger partial charge in [0.2, 0.25) is 10.0 Å². The molecule has 0 aliphatic rings. The van der Waals surface area contributed by atoms with Crippen LogP contribution in [0.25, 0.3) is 0 Å². The molecule has 0 atom stereocenters. The van der Waals surface area contributed by atoms with E-state index < -0.39 is 28.8 Å². The molecule has 1 rings (SSSR count). The van der Waals surface area contributed by atoms with E-state index in [0.29, 0.717) is 4.31 Å². The van der Waals surface area contributed by atoms with Crippen LogP contribution < -0.4 is 5.73 Å². The van der Waals surface area contributed by atoms with Crippen LogP contribution in [0, 0.1) is 12.7 Å².